The average molecular weight is 332 g/mol. The molecule has 3 rings (SSSR count). The Kier molecular flexibility index (Phi) is 5.87. The fraction of sp³-hybridized carbons (Fsp3) is 0.632. The van der Waals surface area contributed by atoms with Crippen LogP contribution in [0.4, 0.5) is 0 Å². The van der Waals surface area contributed by atoms with Crippen molar-refractivity contribution >= 4 is 5.91 Å². The molecule has 2 saturated heterocycles. The normalized spacial score (nSPS) is 28.8. The zero-order valence-corrected chi connectivity index (χ0v) is 14.4. The highest BCUT2D eigenvalue weighted by atomic mass is 16.5. The Morgan fingerprint density at radius 2 is 2.04 bits per heavy atom. The summed E-state index contributed by atoms with van der Waals surface area (Å²) in [6.45, 7) is 4.83. The number of amides is 1. The van der Waals surface area contributed by atoms with Crippen LogP contribution >= 0.6 is 0 Å². The van der Waals surface area contributed by atoms with Crippen LogP contribution in [0.5, 0.6) is 0 Å². The van der Waals surface area contributed by atoms with Gasteiger partial charge in [0.25, 0.3) is 0 Å². The number of carbonyl (C=O) groups excluding carboxylic acids is 1. The number of rotatable bonds is 4. The highest BCUT2D eigenvalue weighted by Crippen LogP contribution is 2.23. The molecule has 132 valence electrons. The number of carbonyl (C=O) groups is 1. The van der Waals surface area contributed by atoms with E-state index in [0.717, 1.165) is 32.4 Å². The molecule has 0 bridgehead atoms. The van der Waals surface area contributed by atoms with E-state index in [-0.39, 0.29) is 30.8 Å². The topological polar surface area (TPSA) is 53.0 Å². The largest absolute Gasteiger partial charge is 0.394 e. The summed E-state index contributed by atoms with van der Waals surface area (Å²) in [6.07, 6.45) is 2.89. The fourth-order valence-corrected chi connectivity index (χ4v) is 3.81. The molecule has 2 fully saturated rings. The number of benzene rings is 1. The Morgan fingerprint density at radius 3 is 2.79 bits per heavy atom. The van der Waals surface area contributed by atoms with E-state index in [2.05, 4.69) is 17.0 Å². The van der Waals surface area contributed by atoms with Crippen LogP contribution in [-0.2, 0) is 16.1 Å². The summed E-state index contributed by atoms with van der Waals surface area (Å²) in [5.74, 6) is 0.194. The zero-order valence-electron chi connectivity index (χ0n) is 14.4. The summed E-state index contributed by atoms with van der Waals surface area (Å²) >= 11 is 0. The van der Waals surface area contributed by atoms with Crippen molar-refractivity contribution in [1.29, 1.82) is 0 Å². The van der Waals surface area contributed by atoms with Crippen molar-refractivity contribution in [3.8, 4) is 0 Å². The van der Waals surface area contributed by atoms with Crippen molar-refractivity contribution in [2.75, 3.05) is 26.2 Å². The van der Waals surface area contributed by atoms with Crippen LogP contribution in [-0.4, -0.2) is 65.3 Å². The third-order valence-electron chi connectivity index (χ3n) is 4.97. The van der Waals surface area contributed by atoms with E-state index in [1.54, 1.807) is 0 Å². The van der Waals surface area contributed by atoms with Gasteiger partial charge in [0.05, 0.1) is 24.9 Å². The second-order valence-corrected chi connectivity index (χ2v) is 6.96. The highest BCUT2D eigenvalue weighted by Gasteiger charge is 2.35. The van der Waals surface area contributed by atoms with Gasteiger partial charge in [0, 0.05) is 19.6 Å². The molecule has 2 aliphatic rings. The molecule has 0 saturated carbocycles. The standard InChI is InChI=1S/C19H28N2O3/c1-15-11-21(13-17(14-22)24-15)19(23)18-9-5-6-10-20(18)12-16-7-3-2-4-8-16/h2-4,7-8,15,17-18,22H,5-6,9-14H2,1H3/t15-,17-,18+/m1/s1. The Bertz CT molecular complexity index is 537. The molecule has 1 amide bonds. The molecule has 2 heterocycles. The second-order valence-electron chi connectivity index (χ2n) is 6.96. The van der Waals surface area contributed by atoms with Crippen LogP contribution in [0.2, 0.25) is 0 Å². The van der Waals surface area contributed by atoms with Gasteiger partial charge in [-0.05, 0) is 31.9 Å². The van der Waals surface area contributed by atoms with Crippen molar-refractivity contribution in [3.05, 3.63) is 35.9 Å². The molecule has 1 aromatic carbocycles. The lowest BCUT2D eigenvalue weighted by atomic mass is 9.99. The molecule has 0 radical (unpaired) electrons. The summed E-state index contributed by atoms with van der Waals surface area (Å²) in [6, 6.07) is 10.3. The minimum Gasteiger partial charge on any atom is -0.394 e. The number of likely N-dealkylation sites (tertiary alicyclic amines) is 1. The van der Waals surface area contributed by atoms with E-state index in [9.17, 15) is 9.90 Å². The Balaban J connectivity index is 1.69. The molecule has 3 atom stereocenters. The van der Waals surface area contributed by atoms with E-state index in [1.165, 1.54) is 5.56 Å². The van der Waals surface area contributed by atoms with Crippen molar-refractivity contribution in [3.63, 3.8) is 0 Å². The highest BCUT2D eigenvalue weighted by molar-refractivity contribution is 5.82. The quantitative estimate of drug-likeness (QED) is 0.911. The monoisotopic (exact) mass is 332 g/mol. The first kappa shape index (κ1) is 17.4. The van der Waals surface area contributed by atoms with E-state index < -0.39 is 0 Å². The summed E-state index contributed by atoms with van der Waals surface area (Å²) in [5, 5.41) is 9.39. The average Bonchev–Trinajstić information content (AvgIpc) is 2.62. The Morgan fingerprint density at radius 1 is 1.25 bits per heavy atom. The minimum atomic E-state index is -0.260. The number of piperidine rings is 1. The van der Waals surface area contributed by atoms with E-state index in [4.69, 9.17) is 4.74 Å². The maximum atomic E-state index is 13.1. The Hall–Kier alpha value is -1.43. The lowest BCUT2D eigenvalue weighted by Gasteiger charge is -2.41. The van der Waals surface area contributed by atoms with Crippen LogP contribution in [0, 0.1) is 0 Å². The zero-order chi connectivity index (χ0) is 16.9. The summed E-state index contributed by atoms with van der Waals surface area (Å²) in [5.41, 5.74) is 1.25. The summed E-state index contributed by atoms with van der Waals surface area (Å²) in [4.78, 5) is 17.3. The van der Waals surface area contributed by atoms with Crippen molar-refractivity contribution in [2.45, 2.75) is 51.0 Å². The number of morpholine rings is 1. The number of hydrogen-bond donors (Lipinski definition) is 1. The van der Waals surface area contributed by atoms with Crippen LogP contribution in [0.1, 0.15) is 31.7 Å². The number of nitrogens with zero attached hydrogens (tertiary/aromatic N) is 2. The lowest BCUT2D eigenvalue weighted by Crippen LogP contribution is -2.57. The molecule has 0 aromatic heterocycles. The molecule has 0 unspecified atom stereocenters. The van der Waals surface area contributed by atoms with Gasteiger partial charge in [0.15, 0.2) is 0 Å². The molecule has 2 aliphatic heterocycles. The first-order chi connectivity index (χ1) is 11.7. The minimum absolute atomic E-state index is 0.0222. The van der Waals surface area contributed by atoms with Gasteiger partial charge in [-0.1, -0.05) is 36.8 Å². The van der Waals surface area contributed by atoms with Gasteiger partial charge in [-0.3, -0.25) is 9.69 Å². The van der Waals surface area contributed by atoms with Crippen LogP contribution in [0.15, 0.2) is 30.3 Å². The van der Waals surface area contributed by atoms with Crippen molar-refractivity contribution < 1.29 is 14.6 Å². The van der Waals surface area contributed by atoms with E-state index in [0.29, 0.717) is 13.1 Å². The molecule has 1 aromatic rings. The fourth-order valence-electron chi connectivity index (χ4n) is 3.81. The van der Waals surface area contributed by atoms with Crippen LogP contribution in [0.25, 0.3) is 0 Å². The van der Waals surface area contributed by atoms with Crippen molar-refractivity contribution in [2.24, 2.45) is 0 Å². The van der Waals surface area contributed by atoms with Gasteiger partial charge in [-0.25, -0.2) is 0 Å². The van der Waals surface area contributed by atoms with Gasteiger partial charge in [-0.2, -0.15) is 0 Å². The van der Waals surface area contributed by atoms with E-state index >= 15 is 0 Å². The van der Waals surface area contributed by atoms with Gasteiger partial charge in [0.2, 0.25) is 5.91 Å². The first-order valence-electron chi connectivity index (χ1n) is 9.00. The molecule has 0 aliphatic carbocycles. The molecular weight excluding hydrogens is 304 g/mol. The number of aliphatic hydroxyl groups excluding tert-OH is 1. The lowest BCUT2D eigenvalue weighted by molar-refractivity contribution is -0.153. The molecule has 24 heavy (non-hydrogen) atoms. The maximum Gasteiger partial charge on any atom is 0.240 e. The molecule has 5 heteroatoms. The van der Waals surface area contributed by atoms with Gasteiger partial charge < -0.3 is 14.7 Å². The van der Waals surface area contributed by atoms with Crippen LogP contribution < -0.4 is 0 Å². The second kappa shape index (κ2) is 8.10. The van der Waals surface area contributed by atoms with E-state index in [1.807, 2.05) is 30.0 Å². The molecule has 0 spiro atoms. The SMILES string of the molecule is C[C@@H]1CN(C(=O)[C@@H]2CCCCN2Cc2ccccc2)C[C@H](CO)O1. The smallest absolute Gasteiger partial charge is 0.240 e. The third kappa shape index (κ3) is 4.15. The van der Waals surface area contributed by atoms with Crippen molar-refractivity contribution in [1.82, 2.24) is 9.80 Å². The maximum absolute atomic E-state index is 13.1. The first-order valence-corrected chi connectivity index (χ1v) is 9.00. The Labute approximate surface area is 144 Å². The predicted octanol–water partition coefficient (Wildman–Crippen LogP) is 1.65. The predicted molar refractivity (Wildman–Crippen MR) is 92.5 cm³/mol. The molecular formula is C19H28N2O3. The number of ether oxygens (including phenoxy) is 1. The summed E-state index contributed by atoms with van der Waals surface area (Å²) < 4.78 is 5.67. The number of hydrogen-bond acceptors (Lipinski definition) is 4. The number of aliphatic hydroxyl groups is 1. The third-order valence-corrected chi connectivity index (χ3v) is 4.97. The van der Waals surface area contributed by atoms with Gasteiger partial charge >= 0.3 is 0 Å². The van der Waals surface area contributed by atoms with Crippen LogP contribution in [0.3, 0.4) is 0 Å². The molecule has 1 N–H and O–H groups in total. The van der Waals surface area contributed by atoms with Gasteiger partial charge in [0.1, 0.15) is 0 Å². The van der Waals surface area contributed by atoms with Gasteiger partial charge in [-0.15, -0.1) is 0 Å². The summed E-state index contributed by atoms with van der Waals surface area (Å²) in [7, 11) is 0. The molecule has 5 nitrogen and oxygen atoms in total.